The van der Waals surface area contributed by atoms with Gasteiger partial charge in [-0.3, -0.25) is 14.2 Å². The fourth-order valence-corrected chi connectivity index (χ4v) is 3.23. The molecular weight excluding hydrogens is 435 g/mol. The topological polar surface area (TPSA) is 81.8 Å². The molecule has 158 valence electrons. The monoisotopic (exact) mass is 447 g/mol. The minimum Gasteiger partial charge on any atom is -0.324 e. The second kappa shape index (κ2) is 7.88. The molecule has 1 amide bonds. The summed E-state index contributed by atoms with van der Waals surface area (Å²) >= 11 is 5.99. The minimum atomic E-state index is -4.63. The van der Waals surface area contributed by atoms with Crippen LogP contribution in [0.5, 0.6) is 0 Å². The number of alkyl halides is 3. The normalized spacial score (nSPS) is 11.6. The molecule has 2 heterocycles. The first-order valence-corrected chi connectivity index (χ1v) is 9.27. The molecule has 0 unspecified atom stereocenters. The minimum absolute atomic E-state index is 0.144. The molecule has 11 heteroatoms. The summed E-state index contributed by atoms with van der Waals surface area (Å²) in [5.41, 5.74) is -1.08. The quantitative estimate of drug-likeness (QED) is 0.514. The van der Waals surface area contributed by atoms with Crippen molar-refractivity contribution in [1.82, 2.24) is 19.3 Å². The zero-order chi connectivity index (χ0) is 22.2. The molecule has 4 aromatic rings. The number of aromatic nitrogens is 4. The van der Waals surface area contributed by atoms with Crippen molar-refractivity contribution in [2.75, 3.05) is 5.32 Å². The highest BCUT2D eigenvalue weighted by Crippen LogP contribution is 2.34. The van der Waals surface area contributed by atoms with Gasteiger partial charge in [-0.2, -0.15) is 18.3 Å². The van der Waals surface area contributed by atoms with Crippen LogP contribution in [-0.4, -0.2) is 25.2 Å². The Morgan fingerprint density at radius 2 is 1.90 bits per heavy atom. The number of nitrogens with one attached hydrogen (secondary N) is 1. The van der Waals surface area contributed by atoms with E-state index in [2.05, 4.69) is 15.4 Å². The highest BCUT2D eigenvalue weighted by atomic mass is 35.5. The standard InChI is InChI=1S/C20H13ClF3N5O2/c21-12-4-3-5-13(8-12)29-18-14(9-26-29)19(31)28(11-25-18)10-17(30)27-16-7-2-1-6-15(16)20(22,23)24/h1-9,11H,10H2,(H,27,30). The Balaban J connectivity index is 1.61. The number of halogens is 4. The lowest BCUT2D eigenvalue weighted by Gasteiger charge is -2.13. The van der Waals surface area contributed by atoms with Crippen LogP contribution in [0.15, 0.2) is 65.8 Å². The highest BCUT2D eigenvalue weighted by Gasteiger charge is 2.33. The maximum absolute atomic E-state index is 13.1. The van der Waals surface area contributed by atoms with Gasteiger partial charge in [0.05, 0.1) is 23.1 Å². The van der Waals surface area contributed by atoms with E-state index >= 15 is 0 Å². The van der Waals surface area contributed by atoms with Crippen LogP contribution in [0.4, 0.5) is 18.9 Å². The Morgan fingerprint density at radius 1 is 1.13 bits per heavy atom. The van der Waals surface area contributed by atoms with E-state index in [1.807, 2.05) is 0 Å². The van der Waals surface area contributed by atoms with Crippen LogP contribution < -0.4 is 10.9 Å². The number of anilines is 1. The molecule has 0 saturated heterocycles. The van der Waals surface area contributed by atoms with Gasteiger partial charge in [0.2, 0.25) is 5.91 Å². The van der Waals surface area contributed by atoms with Crippen molar-refractivity contribution in [3.8, 4) is 5.69 Å². The van der Waals surface area contributed by atoms with Crippen LogP contribution in [0, 0.1) is 0 Å². The number of rotatable bonds is 4. The van der Waals surface area contributed by atoms with Crippen molar-refractivity contribution in [3.05, 3.63) is 82.0 Å². The van der Waals surface area contributed by atoms with Gasteiger partial charge in [-0.1, -0.05) is 29.8 Å². The molecule has 2 aromatic carbocycles. The number of carbonyl (C=O) groups is 1. The van der Waals surface area contributed by atoms with Crippen LogP contribution in [0.1, 0.15) is 5.56 Å². The van der Waals surface area contributed by atoms with Crippen molar-refractivity contribution in [2.45, 2.75) is 12.7 Å². The smallest absolute Gasteiger partial charge is 0.324 e. The molecule has 0 saturated carbocycles. The van der Waals surface area contributed by atoms with E-state index in [-0.39, 0.29) is 11.0 Å². The summed E-state index contributed by atoms with van der Waals surface area (Å²) in [6, 6.07) is 11.4. The third kappa shape index (κ3) is 4.15. The van der Waals surface area contributed by atoms with Crippen LogP contribution >= 0.6 is 11.6 Å². The Kier molecular flexibility index (Phi) is 5.24. The van der Waals surface area contributed by atoms with Crippen LogP contribution in [0.25, 0.3) is 16.7 Å². The maximum atomic E-state index is 13.1. The molecule has 0 bridgehead atoms. The number of nitrogens with zero attached hydrogens (tertiary/aromatic N) is 4. The molecule has 0 fully saturated rings. The Morgan fingerprint density at radius 3 is 2.65 bits per heavy atom. The zero-order valence-electron chi connectivity index (χ0n) is 15.6. The molecule has 2 aromatic heterocycles. The first-order chi connectivity index (χ1) is 14.7. The van der Waals surface area contributed by atoms with E-state index in [0.717, 1.165) is 23.0 Å². The Hall–Kier alpha value is -3.66. The van der Waals surface area contributed by atoms with Gasteiger partial charge in [0.1, 0.15) is 18.3 Å². The number of amides is 1. The van der Waals surface area contributed by atoms with Crippen molar-refractivity contribution < 1.29 is 18.0 Å². The largest absolute Gasteiger partial charge is 0.418 e. The molecule has 0 radical (unpaired) electrons. The van der Waals surface area contributed by atoms with Crippen molar-refractivity contribution in [3.63, 3.8) is 0 Å². The SMILES string of the molecule is O=C(Cn1cnc2c(cnn2-c2cccc(Cl)c2)c1=O)Nc1ccccc1C(F)(F)F. The number of para-hydroxylation sites is 1. The zero-order valence-corrected chi connectivity index (χ0v) is 16.4. The first-order valence-electron chi connectivity index (χ1n) is 8.89. The molecule has 0 aliphatic carbocycles. The third-order valence-corrected chi connectivity index (χ3v) is 4.66. The summed E-state index contributed by atoms with van der Waals surface area (Å²) in [6.45, 7) is -0.518. The van der Waals surface area contributed by atoms with E-state index < -0.39 is 35.4 Å². The molecular formula is C20H13ClF3N5O2. The first kappa shape index (κ1) is 20.6. The number of fused-ring (bicyclic) bond motifs is 1. The molecule has 0 atom stereocenters. The van der Waals surface area contributed by atoms with Gasteiger partial charge in [-0.15, -0.1) is 0 Å². The number of benzene rings is 2. The summed E-state index contributed by atoms with van der Waals surface area (Å²) in [5.74, 6) is -0.804. The predicted molar refractivity (Wildman–Crippen MR) is 108 cm³/mol. The Labute approximate surface area is 177 Å². The molecule has 7 nitrogen and oxygen atoms in total. The van der Waals surface area contributed by atoms with Crippen LogP contribution in [-0.2, 0) is 17.5 Å². The number of carbonyl (C=O) groups excluding carboxylic acids is 1. The van der Waals surface area contributed by atoms with E-state index in [0.29, 0.717) is 10.7 Å². The second-order valence-corrected chi connectivity index (χ2v) is 6.98. The molecule has 0 spiro atoms. The van der Waals surface area contributed by atoms with Gasteiger partial charge < -0.3 is 5.32 Å². The molecule has 4 rings (SSSR count). The van der Waals surface area contributed by atoms with E-state index in [1.54, 1.807) is 24.3 Å². The summed E-state index contributed by atoms with van der Waals surface area (Å²) in [4.78, 5) is 29.2. The summed E-state index contributed by atoms with van der Waals surface area (Å²) < 4.78 is 41.7. The van der Waals surface area contributed by atoms with Crippen molar-refractivity contribution in [2.24, 2.45) is 0 Å². The number of hydrogen-bond acceptors (Lipinski definition) is 4. The molecule has 31 heavy (non-hydrogen) atoms. The van der Waals surface area contributed by atoms with Gasteiger partial charge in [-0.05, 0) is 30.3 Å². The van der Waals surface area contributed by atoms with E-state index in [4.69, 9.17) is 11.6 Å². The Bertz CT molecular complexity index is 1350. The second-order valence-electron chi connectivity index (χ2n) is 6.54. The highest BCUT2D eigenvalue weighted by molar-refractivity contribution is 6.30. The third-order valence-electron chi connectivity index (χ3n) is 4.43. The van der Waals surface area contributed by atoms with Gasteiger partial charge in [-0.25, -0.2) is 9.67 Å². The predicted octanol–water partition coefficient (Wildman–Crippen LogP) is 3.89. The summed E-state index contributed by atoms with van der Waals surface area (Å²) in [6.07, 6.45) is -2.18. The molecule has 0 aliphatic heterocycles. The number of hydrogen-bond donors (Lipinski definition) is 1. The molecule has 0 aliphatic rings. The van der Waals surface area contributed by atoms with E-state index in [9.17, 15) is 22.8 Å². The van der Waals surface area contributed by atoms with Gasteiger partial charge in [0.25, 0.3) is 5.56 Å². The van der Waals surface area contributed by atoms with Gasteiger partial charge in [0, 0.05) is 5.02 Å². The maximum Gasteiger partial charge on any atom is 0.418 e. The van der Waals surface area contributed by atoms with Gasteiger partial charge >= 0.3 is 6.18 Å². The lowest BCUT2D eigenvalue weighted by atomic mass is 10.1. The van der Waals surface area contributed by atoms with Crippen molar-refractivity contribution >= 4 is 34.2 Å². The fraction of sp³-hybridized carbons (Fsp3) is 0.100. The average molecular weight is 448 g/mol. The van der Waals surface area contributed by atoms with E-state index in [1.165, 1.54) is 23.0 Å². The molecule has 1 N–H and O–H groups in total. The average Bonchev–Trinajstić information content (AvgIpc) is 3.14. The van der Waals surface area contributed by atoms with Crippen LogP contribution in [0.3, 0.4) is 0 Å². The van der Waals surface area contributed by atoms with Crippen molar-refractivity contribution in [1.29, 1.82) is 0 Å². The van der Waals surface area contributed by atoms with Crippen LogP contribution in [0.2, 0.25) is 5.02 Å². The summed E-state index contributed by atoms with van der Waals surface area (Å²) in [5, 5.41) is 6.97. The fourth-order valence-electron chi connectivity index (χ4n) is 3.04. The lowest BCUT2D eigenvalue weighted by Crippen LogP contribution is -2.28. The van der Waals surface area contributed by atoms with Gasteiger partial charge in [0.15, 0.2) is 5.65 Å². The summed E-state index contributed by atoms with van der Waals surface area (Å²) in [7, 11) is 0. The lowest BCUT2D eigenvalue weighted by molar-refractivity contribution is -0.137.